The number of hydrogen-bond donors (Lipinski definition) is 3. The number of benzene rings is 2. The number of aromatic nitrogens is 5. The van der Waals surface area contributed by atoms with Gasteiger partial charge in [0.05, 0.1) is 18.4 Å². The smallest absolute Gasteiger partial charge is 0.416 e. The maximum Gasteiger partial charge on any atom is 0.416 e. The molecule has 0 aliphatic rings. The summed E-state index contributed by atoms with van der Waals surface area (Å²) in [4.78, 5) is 17.9. The maximum absolute atomic E-state index is 13.0. The van der Waals surface area contributed by atoms with Crippen LogP contribution in [0.4, 0.5) is 24.9 Å². The first-order chi connectivity index (χ1) is 18.3. The zero-order valence-corrected chi connectivity index (χ0v) is 20.2. The molecule has 0 atom stereocenters. The number of pyridine rings is 1. The summed E-state index contributed by atoms with van der Waals surface area (Å²) in [5, 5.41) is 16.0. The minimum Gasteiger partial charge on any atom is -0.508 e. The second-order valence-corrected chi connectivity index (χ2v) is 8.69. The molecule has 5 rings (SSSR count). The first-order valence-electron chi connectivity index (χ1n) is 11.9. The first kappa shape index (κ1) is 25.0. The fraction of sp³-hybridized carbons (Fsp3) is 0.185. The summed E-state index contributed by atoms with van der Waals surface area (Å²) in [6.07, 6.45) is 1.35. The van der Waals surface area contributed by atoms with Gasteiger partial charge in [0.1, 0.15) is 5.75 Å². The SMILES string of the molecule is Oc1ccc(CCNc2nc(NCc3cccnc3)nc3c2ncn3Cc2ccc(C(F)(F)F)cc2)cc1. The summed E-state index contributed by atoms with van der Waals surface area (Å²) in [5.74, 6) is 1.12. The molecule has 0 saturated heterocycles. The van der Waals surface area contributed by atoms with Crippen LogP contribution in [0.25, 0.3) is 11.2 Å². The number of halogens is 3. The van der Waals surface area contributed by atoms with E-state index in [1.54, 1.807) is 35.4 Å². The van der Waals surface area contributed by atoms with Gasteiger partial charge in [0.25, 0.3) is 0 Å². The van der Waals surface area contributed by atoms with Gasteiger partial charge in [-0.3, -0.25) is 4.98 Å². The normalized spacial score (nSPS) is 11.6. The topological polar surface area (TPSA) is 101 Å². The Balaban J connectivity index is 1.40. The molecular formula is C27H24F3N7O. The molecular weight excluding hydrogens is 495 g/mol. The van der Waals surface area contributed by atoms with Gasteiger partial charge < -0.3 is 20.3 Å². The summed E-state index contributed by atoms with van der Waals surface area (Å²) in [6, 6.07) is 15.8. The highest BCUT2D eigenvalue weighted by Crippen LogP contribution is 2.29. The molecule has 8 nitrogen and oxygen atoms in total. The van der Waals surface area contributed by atoms with Gasteiger partial charge in [-0.2, -0.15) is 23.1 Å². The van der Waals surface area contributed by atoms with Crippen LogP contribution < -0.4 is 10.6 Å². The molecule has 0 aliphatic heterocycles. The molecule has 0 fully saturated rings. The molecule has 0 radical (unpaired) electrons. The summed E-state index contributed by atoms with van der Waals surface area (Å²) in [5.41, 5.74) is 3.08. The van der Waals surface area contributed by atoms with Gasteiger partial charge in [-0.05, 0) is 53.4 Å². The van der Waals surface area contributed by atoms with Crippen molar-refractivity contribution in [1.29, 1.82) is 0 Å². The van der Waals surface area contributed by atoms with Crippen molar-refractivity contribution in [2.45, 2.75) is 25.7 Å². The van der Waals surface area contributed by atoms with Gasteiger partial charge in [0.15, 0.2) is 17.0 Å². The summed E-state index contributed by atoms with van der Waals surface area (Å²) in [7, 11) is 0. The highest BCUT2D eigenvalue weighted by atomic mass is 19.4. The third-order valence-corrected chi connectivity index (χ3v) is 5.91. The second-order valence-electron chi connectivity index (χ2n) is 8.69. The summed E-state index contributed by atoms with van der Waals surface area (Å²) in [6.45, 7) is 1.31. The van der Waals surface area contributed by atoms with Crippen molar-refractivity contribution in [3.63, 3.8) is 0 Å². The van der Waals surface area contributed by atoms with Crippen molar-refractivity contribution in [1.82, 2.24) is 24.5 Å². The Labute approximate surface area is 216 Å². The Bertz CT molecular complexity index is 1500. The van der Waals surface area contributed by atoms with E-state index in [0.717, 1.165) is 23.3 Å². The number of fused-ring (bicyclic) bond motifs is 1. The fourth-order valence-corrected chi connectivity index (χ4v) is 3.93. The van der Waals surface area contributed by atoms with Crippen LogP contribution in [0.3, 0.4) is 0 Å². The van der Waals surface area contributed by atoms with Crippen LogP contribution in [0, 0.1) is 0 Å². The number of anilines is 2. The molecule has 0 amide bonds. The molecule has 3 N–H and O–H groups in total. The van der Waals surface area contributed by atoms with Crippen molar-refractivity contribution in [3.8, 4) is 5.75 Å². The van der Waals surface area contributed by atoms with E-state index in [4.69, 9.17) is 0 Å². The predicted octanol–water partition coefficient (Wildman–Crippen LogP) is 5.26. The molecule has 5 aromatic rings. The lowest BCUT2D eigenvalue weighted by molar-refractivity contribution is -0.137. The maximum atomic E-state index is 13.0. The Hall–Kier alpha value is -4.67. The van der Waals surface area contributed by atoms with E-state index < -0.39 is 11.7 Å². The molecule has 3 heterocycles. The lowest BCUT2D eigenvalue weighted by Gasteiger charge is -2.12. The third kappa shape index (κ3) is 6.00. The highest BCUT2D eigenvalue weighted by Gasteiger charge is 2.30. The first-order valence-corrected chi connectivity index (χ1v) is 11.9. The number of phenols is 1. The van der Waals surface area contributed by atoms with Gasteiger partial charge in [0, 0.05) is 25.5 Å². The Morgan fingerprint density at radius 1 is 0.868 bits per heavy atom. The lowest BCUT2D eigenvalue weighted by Crippen LogP contribution is -2.11. The number of aromatic hydroxyl groups is 1. The van der Waals surface area contributed by atoms with Crippen LogP contribution in [0.15, 0.2) is 79.4 Å². The van der Waals surface area contributed by atoms with E-state index in [1.165, 1.54) is 12.1 Å². The van der Waals surface area contributed by atoms with Gasteiger partial charge in [-0.1, -0.05) is 30.3 Å². The Morgan fingerprint density at radius 2 is 1.63 bits per heavy atom. The molecule has 0 unspecified atom stereocenters. The van der Waals surface area contributed by atoms with Crippen molar-refractivity contribution in [2.75, 3.05) is 17.2 Å². The Morgan fingerprint density at radius 3 is 2.34 bits per heavy atom. The number of nitrogens with one attached hydrogen (secondary N) is 2. The van der Waals surface area contributed by atoms with Crippen LogP contribution >= 0.6 is 0 Å². The van der Waals surface area contributed by atoms with Crippen molar-refractivity contribution >= 4 is 22.9 Å². The van der Waals surface area contributed by atoms with Crippen LogP contribution in [-0.2, 0) is 25.7 Å². The Kier molecular flexibility index (Phi) is 7.07. The second kappa shape index (κ2) is 10.8. The van der Waals surface area contributed by atoms with Crippen molar-refractivity contribution in [2.24, 2.45) is 0 Å². The third-order valence-electron chi connectivity index (χ3n) is 5.91. The molecule has 2 aromatic carbocycles. The van der Waals surface area contributed by atoms with E-state index in [0.29, 0.717) is 54.5 Å². The number of alkyl halides is 3. The number of imidazole rings is 1. The summed E-state index contributed by atoms with van der Waals surface area (Å²) >= 11 is 0. The molecule has 38 heavy (non-hydrogen) atoms. The standard InChI is InChI=1S/C27H24F3N7O/c28-27(29,30)21-7-3-19(4-8-21)16-37-17-34-23-24(32-13-11-18-5-9-22(38)10-6-18)35-26(36-25(23)37)33-15-20-2-1-12-31-14-20/h1-10,12,14,17,38H,11,13,15-16H2,(H2,32,33,35,36). The van der Waals surface area contributed by atoms with Gasteiger partial charge in [-0.15, -0.1) is 0 Å². The van der Waals surface area contributed by atoms with Crippen LogP contribution in [-0.4, -0.2) is 36.2 Å². The summed E-state index contributed by atoms with van der Waals surface area (Å²) < 4.78 is 40.6. The monoisotopic (exact) mass is 519 g/mol. The van der Waals surface area contributed by atoms with E-state index in [-0.39, 0.29) is 5.75 Å². The number of rotatable bonds is 9. The van der Waals surface area contributed by atoms with Gasteiger partial charge in [-0.25, -0.2) is 4.98 Å². The van der Waals surface area contributed by atoms with Gasteiger partial charge in [0.2, 0.25) is 5.95 Å². The zero-order valence-electron chi connectivity index (χ0n) is 20.2. The zero-order chi connectivity index (χ0) is 26.5. The van der Waals surface area contributed by atoms with Crippen LogP contribution in [0.1, 0.15) is 22.3 Å². The molecule has 0 saturated carbocycles. The van der Waals surface area contributed by atoms with Crippen LogP contribution in [0.2, 0.25) is 0 Å². The minimum atomic E-state index is -4.39. The average molecular weight is 520 g/mol. The predicted molar refractivity (Wildman–Crippen MR) is 138 cm³/mol. The quantitative estimate of drug-likeness (QED) is 0.244. The largest absolute Gasteiger partial charge is 0.508 e. The number of phenolic OH excluding ortho intramolecular Hbond substituents is 1. The van der Waals surface area contributed by atoms with E-state index in [1.807, 2.05) is 24.3 Å². The van der Waals surface area contributed by atoms with E-state index in [2.05, 4.69) is 30.6 Å². The molecule has 0 aliphatic carbocycles. The van der Waals surface area contributed by atoms with Crippen LogP contribution in [0.5, 0.6) is 5.75 Å². The molecule has 0 bridgehead atoms. The molecule has 3 aromatic heterocycles. The average Bonchev–Trinajstić information content (AvgIpc) is 3.31. The lowest BCUT2D eigenvalue weighted by atomic mass is 10.1. The van der Waals surface area contributed by atoms with Crippen molar-refractivity contribution in [3.05, 3.63) is 102 Å². The van der Waals surface area contributed by atoms with E-state index in [9.17, 15) is 18.3 Å². The van der Waals surface area contributed by atoms with Crippen molar-refractivity contribution < 1.29 is 18.3 Å². The number of nitrogens with zero attached hydrogens (tertiary/aromatic N) is 5. The fourth-order valence-electron chi connectivity index (χ4n) is 3.93. The molecule has 0 spiro atoms. The van der Waals surface area contributed by atoms with Gasteiger partial charge >= 0.3 is 6.18 Å². The number of hydrogen-bond acceptors (Lipinski definition) is 7. The minimum absolute atomic E-state index is 0.210. The molecule has 194 valence electrons. The van der Waals surface area contributed by atoms with E-state index >= 15 is 0 Å². The molecule has 11 heteroatoms. The highest BCUT2D eigenvalue weighted by molar-refractivity contribution is 5.84.